The van der Waals surface area contributed by atoms with Crippen LogP contribution in [0.1, 0.15) is 0 Å². The minimum atomic E-state index is -0.157. The van der Waals surface area contributed by atoms with Crippen molar-refractivity contribution in [3.8, 4) is 0 Å². The van der Waals surface area contributed by atoms with Gasteiger partial charge in [-0.2, -0.15) is 0 Å². The molecule has 0 fully saturated rings. The van der Waals surface area contributed by atoms with E-state index in [0.29, 0.717) is 0 Å². The second kappa shape index (κ2) is 15.5. The summed E-state index contributed by atoms with van der Waals surface area (Å²) in [5, 5.41) is 11.3. The minimum Gasteiger partial charge on any atom is -0.384 e. The van der Waals surface area contributed by atoms with E-state index < -0.39 is 0 Å². The molecule has 0 heterocycles. The SMILES string of the molecule is CP(C)CCP(CCP(C)C)C(O)P(CCP(C)C)CCP(C)C. The summed E-state index contributed by atoms with van der Waals surface area (Å²) in [5.41, 5.74) is 0.0739. The molecule has 0 rings (SSSR count). The molecule has 1 N–H and O–H groups in total. The molecule has 0 bridgehead atoms. The molecule has 0 atom stereocenters. The first-order valence-corrected chi connectivity index (χ1v) is 22.1. The van der Waals surface area contributed by atoms with Crippen molar-refractivity contribution in [3.63, 3.8) is 0 Å². The Bertz CT molecular complexity index is 247. The molecule has 0 aliphatic heterocycles. The van der Waals surface area contributed by atoms with Gasteiger partial charge in [-0.1, -0.05) is 15.8 Å². The van der Waals surface area contributed by atoms with Gasteiger partial charge in [0.2, 0.25) is 0 Å². The van der Waals surface area contributed by atoms with Gasteiger partial charge in [0.25, 0.3) is 0 Å². The lowest BCUT2D eigenvalue weighted by molar-refractivity contribution is 0.334. The highest BCUT2D eigenvalue weighted by atomic mass is 31.2. The maximum Gasteiger partial charge on any atom is 0.0916 e. The molecule has 146 valence electrons. The Morgan fingerprint density at radius 2 is 0.667 bits per heavy atom. The second-order valence-electron chi connectivity index (χ2n) is 7.63. The maximum atomic E-state index is 11.3. The van der Waals surface area contributed by atoms with E-state index in [0.717, 1.165) is 0 Å². The van der Waals surface area contributed by atoms with Gasteiger partial charge in [-0.25, -0.2) is 0 Å². The highest BCUT2D eigenvalue weighted by molar-refractivity contribution is 7.77. The molecule has 0 amide bonds. The Hall–Kier alpha value is 2.54. The molecule has 0 aliphatic rings. The zero-order chi connectivity index (χ0) is 18.7. The first kappa shape index (κ1) is 26.5. The first-order valence-electron chi connectivity index (χ1n) is 8.88. The number of aliphatic hydroxyl groups is 1. The van der Waals surface area contributed by atoms with E-state index in [-0.39, 0.29) is 53.1 Å². The van der Waals surface area contributed by atoms with Gasteiger partial charge in [-0.15, -0.1) is 31.7 Å². The summed E-state index contributed by atoms with van der Waals surface area (Å²) < 4.78 is 0. The standard InChI is InChI=1S/C17H42OP6/c1-19(2)9-13-23(14-10-20(3)4)17(18)24(15-11-21(5)6)16-12-22(7)8/h17-18H,9-16H2,1-8H3. The Balaban J connectivity index is 4.86. The molecule has 0 radical (unpaired) electrons. The number of hydrogen-bond acceptors (Lipinski definition) is 1. The topological polar surface area (TPSA) is 20.2 Å². The van der Waals surface area contributed by atoms with Crippen LogP contribution in [0.15, 0.2) is 0 Å². The quantitative estimate of drug-likeness (QED) is 0.314. The zero-order valence-electron chi connectivity index (χ0n) is 17.4. The lowest BCUT2D eigenvalue weighted by atomic mass is 10.9. The zero-order valence-corrected chi connectivity index (χ0v) is 22.7. The third kappa shape index (κ3) is 14.6. The third-order valence-electron chi connectivity index (χ3n) is 3.99. The molecule has 0 spiro atoms. The van der Waals surface area contributed by atoms with Gasteiger partial charge in [0.15, 0.2) is 0 Å². The van der Waals surface area contributed by atoms with Crippen LogP contribution in [0.3, 0.4) is 0 Å². The normalized spacial score (nSPS) is 13.0. The van der Waals surface area contributed by atoms with Crippen molar-refractivity contribution < 1.29 is 5.11 Å². The van der Waals surface area contributed by atoms with E-state index in [4.69, 9.17) is 0 Å². The average Bonchev–Trinajstić information content (AvgIpc) is 2.45. The molecule has 0 aromatic rings. The molecule has 0 saturated carbocycles. The van der Waals surface area contributed by atoms with Crippen molar-refractivity contribution in [1.82, 2.24) is 0 Å². The fraction of sp³-hybridized carbons (Fsp3) is 1.00. The summed E-state index contributed by atoms with van der Waals surface area (Å²) >= 11 is 0. The van der Waals surface area contributed by atoms with Crippen molar-refractivity contribution in [2.75, 3.05) is 103 Å². The van der Waals surface area contributed by atoms with Crippen LogP contribution in [-0.2, 0) is 0 Å². The Labute approximate surface area is 160 Å². The van der Waals surface area contributed by atoms with E-state index in [1.165, 1.54) is 49.3 Å². The van der Waals surface area contributed by atoms with Gasteiger partial charge < -0.3 is 5.11 Å². The lowest BCUT2D eigenvalue weighted by Gasteiger charge is -2.33. The molecule has 7 heteroatoms. The largest absolute Gasteiger partial charge is 0.384 e. The Kier molecular flexibility index (Phi) is 17.1. The minimum absolute atomic E-state index is 0.0739. The molecule has 0 unspecified atom stereocenters. The summed E-state index contributed by atoms with van der Waals surface area (Å²) in [4.78, 5) is 0. The van der Waals surface area contributed by atoms with Gasteiger partial charge in [0.1, 0.15) is 0 Å². The predicted octanol–water partition coefficient (Wildman–Crippen LogP) is 6.19. The van der Waals surface area contributed by atoms with Gasteiger partial charge in [0.05, 0.1) is 5.59 Å². The molecule has 0 aliphatic carbocycles. The van der Waals surface area contributed by atoms with Crippen molar-refractivity contribution in [1.29, 1.82) is 0 Å². The smallest absolute Gasteiger partial charge is 0.0916 e. The highest BCUT2D eigenvalue weighted by Crippen LogP contribution is 2.59. The van der Waals surface area contributed by atoms with Crippen LogP contribution >= 0.6 is 47.5 Å². The molecule has 0 aromatic heterocycles. The van der Waals surface area contributed by atoms with Crippen LogP contribution in [0, 0.1) is 0 Å². The van der Waals surface area contributed by atoms with Gasteiger partial charge in [-0.3, -0.25) is 0 Å². The van der Waals surface area contributed by atoms with E-state index in [2.05, 4.69) is 53.3 Å². The van der Waals surface area contributed by atoms with Crippen molar-refractivity contribution in [2.45, 2.75) is 5.59 Å². The van der Waals surface area contributed by atoms with E-state index in [9.17, 15) is 5.11 Å². The van der Waals surface area contributed by atoms with E-state index in [1.807, 2.05) is 0 Å². The van der Waals surface area contributed by atoms with Crippen LogP contribution in [0.5, 0.6) is 0 Å². The molecular weight excluding hydrogens is 406 g/mol. The van der Waals surface area contributed by atoms with Crippen molar-refractivity contribution in [2.24, 2.45) is 0 Å². The summed E-state index contributed by atoms with van der Waals surface area (Å²) in [7, 11) is 0.425. The monoisotopic (exact) mass is 448 g/mol. The third-order valence-corrected chi connectivity index (χ3v) is 16.3. The van der Waals surface area contributed by atoms with Gasteiger partial charge >= 0.3 is 0 Å². The molecule has 1 nitrogen and oxygen atoms in total. The van der Waals surface area contributed by atoms with E-state index >= 15 is 0 Å². The van der Waals surface area contributed by atoms with Crippen LogP contribution in [-0.4, -0.2) is 113 Å². The van der Waals surface area contributed by atoms with Gasteiger partial charge in [-0.05, 0) is 103 Å². The van der Waals surface area contributed by atoms with Crippen molar-refractivity contribution in [3.05, 3.63) is 0 Å². The van der Waals surface area contributed by atoms with Crippen LogP contribution in [0.4, 0.5) is 0 Å². The summed E-state index contributed by atoms with van der Waals surface area (Å²) in [6, 6.07) is 0. The van der Waals surface area contributed by atoms with Crippen LogP contribution in [0.25, 0.3) is 0 Å². The van der Waals surface area contributed by atoms with Crippen LogP contribution < -0.4 is 0 Å². The summed E-state index contributed by atoms with van der Waals surface area (Å²) in [6.07, 6.45) is 10.8. The fourth-order valence-corrected chi connectivity index (χ4v) is 17.3. The van der Waals surface area contributed by atoms with Gasteiger partial charge in [0, 0.05) is 0 Å². The average molecular weight is 448 g/mol. The highest BCUT2D eigenvalue weighted by Gasteiger charge is 2.27. The number of rotatable bonds is 14. The number of hydrogen-bond donors (Lipinski definition) is 1. The molecule has 0 aromatic carbocycles. The fourth-order valence-electron chi connectivity index (χ4n) is 2.23. The molecule has 24 heavy (non-hydrogen) atoms. The van der Waals surface area contributed by atoms with Crippen LogP contribution in [0.2, 0.25) is 0 Å². The predicted molar refractivity (Wildman–Crippen MR) is 134 cm³/mol. The Morgan fingerprint density at radius 3 is 0.833 bits per heavy atom. The molecule has 0 saturated heterocycles. The number of aliphatic hydroxyl groups excluding tert-OH is 1. The maximum absolute atomic E-state index is 11.3. The lowest BCUT2D eigenvalue weighted by Crippen LogP contribution is -2.15. The second-order valence-corrected chi connectivity index (χ2v) is 23.6. The summed E-state index contributed by atoms with van der Waals surface area (Å²) in [5.74, 6) is 0. The van der Waals surface area contributed by atoms with Crippen molar-refractivity contribution >= 4 is 47.5 Å². The Morgan fingerprint density at radius 1 is 0.458 bits per heavy atom. The first-order chi connectivity index (χ1) is 11.1. The molecular formula is C17H42OP6. The summed E-state index contributed by atoms with van der Waals surface area (Å²) in [6.45, 7) is 19.2. The van der Waals surface area contributed by atoms with E-state index in [1.54, 1.807) is 0 Å².